The summed E-state index contributed by atoms with van der Waals surface area (Å²) in [5, 5.41) is 6.39. The highest BCUT2D eigenvalue weighted by Crippen LogP contribution is 2.28. The standard InChI is InChI=1S/C13H17F2N5O2S2/c1-9-11(10(2)20(17-9)12(14)15)24(21,22)19-6-4-18(5-7-19)13-16-3-8-23-13/h3,8,12H,4-7H2,1-2H3. The van der Waals surface area contributed by atoms with Gasteiger partial charge in [-0.15, -0.1) is 11.3 Å². The molecule has 0 radical (unpaired) electrons. The van der Waals surface area contributed by atoms with Gasteiger partial charge in [0.2, 0.25) is 10.0 Å². The number of halogens is 2. The van der Waals surface area contributed by atoms with Gasteiger partial charge in [0, 0.05) is 37.8 Å². The zero-order valence-corrected chi connectivity index (χ0v) is 14.8. The number of aromatic nitrogens is 3. The highest BCUT2D eigenvalue weighted by molar-refractivity contribution is 7.89. The highest BCUT2D eigenvalue weighted by Gasteiger charge is 2.34. The maximum atomic E-state index is 12.9. The lowest BCUT2D eigenvalue weighted by molar-refractivity contribution is 0.0538. The van der Waals surface area contributed by atoms with Crippen molar-refractivity contribution < 1.29 is 17.2 Å². The number of sulfonamides is 1. The van der Waals surface area contributed by atoms with Gasteiger partial charge in [0.25, 0.3) is 0 Å². The molecule has 7 nitrogen and oxygen atoms in total. The molecule has 0 N–H and O–H groups in total. The largest absolute Gasteiger partial charge is 0.345 e. The molecule has 3 heterocycles. The van der Waals surface area contributed by atoms with Crippen LogP contribution in [0, 0.1) is 13.8 Å². The molecule has 0 unspecified atom stereocenters. The third-order valence-corrected chi connectivity index (χ3v) is 6.95. The van der Waals surface area contributed by atoms with Gasteiger partial charge in [-0.3, -0.25) is 0 Å². The maximum Gasteiger partial charge on any atom is 0.333 e. The molecule has 0 aliphatic carbocycles. The SMILES string of the molecule is Cc1nn(C(F)F)c(C)c1S(=O)(=O)N1CCN(c2nccs2)CC1. The van der Waals surface area contributed by atoms with E-state index in [-0.39, 0.29) is 29.4 Å². The van der Waals surface area contributed by atoms with Crippen LogP contribution in [-0.4, -0.2) is 53.7 Å². The summed E-state index contributed by atoms with van der Waals surface area (Å²) in [7, 11) is -3.86. The Morgan fingerprint density at radius 2 is 1.88 bits per heavy atom. The van der Waals surface area contributed by atoms with Gasteiger partial charge >= 0.3 is 6.55 Å². The lowest BCUT2D eigenvalue weighted by Crippen LogP contribution is -2.48. The second kappa shape index (κ2) is 6.37. The molecule has 0 bridgehead atoms. The molecule has 0 spiro atoms. The van der Waals surface area contributed by atoms with E-state index in [1.807, 2.05) is 10.3 Å². The van der Waals surface area contributed by atoms with Crippen LogP contribution in [0.2, 0.25) is 0 Å². The van der Waals surface area contributed by atoms with Crippen molar-refractivity contribution in [1.82, 2.24) is 19.1 Å². The van der Waals surface area contributed by atoms with Crippen LogP contribution in [0.3, 0.4) is 0 Å². The highest BCUT2D eigenvalue weighted by atomic mass is 32.2. The van der Waals surface area contributed by atoms with Crippen LogP contribution in [0.15, 0.2) is 16.5 Å². The quantitative estimate of drug-likeness (QED) is 0.813. The first-order chi connectivity index (χ1) is 11.3. The van der Waals surface area contributed by atoms with E-state index in [1.54, 1.807) is 6.20 Å². The van der Waals surface area contributed by atoms with Gasteiger partial charge in [0.05, 0.1) is 11.4 Å². The molecular weight excluding hydrogens is 360 g/mol. The van der Waals surface area contributed by atoms with Crippen molar-refractivity contribution in [2.24, 2.45) is 0 Å². The van der Waals surface area contributed by atoms with Crippen LogP contribution in [0.5, 0.6) is 0 Å². The Morgan fingerprint density at radius 1 is 1.21 bits per heavy atom. The number of alkyl halides is 2. The van der Waals surface area contributed by atoms with Crippen molar-refractivity contribution in [2.75, 3.05) is 31.1 Å². The van der Waals surface area contributed by atoms with E-state index in [0.29, 0.717) is 17.8 Å². The molecule has 3 rings (SSSR count). The average molecular weight is 377 g/mol. The normalized spacial score (nSPS) is 17.0. The Kier molecular flexibility index (Phi) is 4.58. The topological polar surface area (TPSA) is 71.3 Å². The van der Waals surface area contributed by atoms with Crippen LogP contribution in [0.4, 0.5) is 13.9 Å². The lowest BCUT2D eigenvalue weighted by atomic mass is 10.4. The number of nitrogens with zero attached hydrogens (tertiary/aromatic N) is 5. The van der Waals surface area contributed by atoms with E-state index in [4.69, 9.17) is 0 Å². The summed E-state index contributed by atoms with van der Waals surface area (Å²) in [5.41, 5.74) is 0.0556. The maximum absolute atomic E-state index is 12.9. The monoisotopic (exact) mass is 377 g/mol. The van der Waals surface area contributed by atoms with Crippen molar-refractivity contribution in [3.05, 3.63) is 23.0 Å². The molecule has 1 aliphatic heterocycles. The Balaban J connectivity index is 1.82. The smallest absolute Gasteiger partial charge is 0.333 e. The zero-order valence-electron chi connectivity index (χ0n) is 13.2. The Morgan fingerprint density at radius 3 is 2.38 bits per heavy atom. The molecular formula is C13H17F2N5O2S2. The molecule has 1 saturated heterocycles. The number of anilines is 1. The van der Waals surface area contributed by atoms with Crippen LogP contribution < -0.4 is 4.90 Å². The first kappa shape index (κ1) is 17.2. The minimum Gasteiger partial charge on any atom is -0.345 e. The van der Waals surface area contributed by atoms with E-state index in [0.717, 1.165) is 5.13 Å². The summed E-state index contributed by atoms with van der Waals surface area (Å²) >= 11 is 1.50. The molecule has 0 aromatic carbocycles. The van der Waals surface area contributed by atoms with Crippen LogP contribution in [-0.2, 0) is 10.0 Å². The number of aryl methyl sites for hydroxylation is 1. The van der Waals surface area contributed by atoms with E-state index in [2.05, 4.69) is 10.1 Å². The Hall–Kier alpha value is -1.59. The van der Waals surface area contributed by atoms with Gasteiger partial charge in [-0.05, 0) is 13.8 Å². The Bertz CT molecular complexity index is 812. The Labute approximate surface area is 142 Å². The average Bonchev–Trinajstić information content (AvgIpc) is 3.15. The summed E-state index contributed by atoms with van der Waals surface area (Å²) in [6, 6.07) is 0. The van der Waals surface area contributed by atoms with Gasteiger partial charge in [0.1, 0.15) is 4.90 Å². The van der Waals surface area contributed by atoms with Gasteiger partial charge in [-0.25, -0.2) is 18.1 Å². The molecule has 2 aromatic rings. The molecule has 2 aromatic heterocycles. The number of hydrogen-bond donors (Lipinski definition) is 0. The van der Waals surface area contributed by atoms with Gasteiger partial charge in [-0.2, -0.15) is 18.2 Å². The fourth-order valence-electron chi connectivity index (χ4n) is 2.83. The molecule has 1 fully saturated rings. The molecule has 0 saturated carbocycles. The predicted molar refractivity (Wildman–Crippen MR) is 86.0 cm³/mol. The van der Waals surface area contributed by atoms with Gasteiger partial charge in [-0.1, -0.05) is 0 Å². The van der Waals surface area contributed by atoms with Crippen molar-refractivity contribution in [3.8, 4) is 0 Å². The third kappa shape index (κ3) is 2.91. The summed E-state index contributed by atoms with van der Waals surface area (Å²) < 4.78 is 53.4. The van der Waals surface area contributed by atoms with E-state index in [1.165, 1.54) is 29.5 Å². The number of piperazine rings is 1. The zero-order chi connectivity index (χ0) is 17.5. The molecule has 132 valence electrons. The molecule has 24 heavy (non-hydrogen) atoms. The lowest BCUT2D eigenvalue weighted by Gasteiger charge is -2.33. The first-order valence-corrected chi connectivity index (χ1v) is 9.63. The van der Waals surface area contributed by atoms with Crippen molar-refractivity contribution >= 4 is 26.5 Å². The third-order valence-electron chi connectivity index (χ3n) is 3.97. The second-order valence-electron chi connectivity index (χ2n) is 5.43. The van der Waals surface area contributed by atoms with E-state index in [9.17, 15) is 17.2 Å². The molecule has 1 aliphatic rings. The van der Waals surface area contributed by atoms with Gasteiger partial charge < -0.3 is 4.90 Å². The van der Waals surface area contributed by atoms with Crippen LogP contribution in [0.1, 0.15) is 17.9 Å². The minimum atomic E-state index is -3.86. The second-order valence-corrected chi connectivity index (χ2v) is 8.18. The first-order valence-electron chi connectivity index (χ1n) is 7.31. The molecule has 0 atom stereocenters. The van der Waals surface area contributed by atoms with Crippen LogP contribution >= 0.6 is 11.3 Å². The minimum absolute atomic E-state index is 0.0372. The summed E-state index contributed by atoms with van der Waals surface area (Å²) in [4.78, 5) is 6.11. The summed E-state index contributed by atoms with van der Waals surface area (Å²) in [6.45, 7) is 1.49. The predicted octanol–water partition coefficient (Wildman–Crippen LogP) is 1.86. The van der Waals surface area contributed by atoms with E-state index >= 15 is 0 Å². The van der Waals surface area contributed by atoms with Gasteiger partial charge in [0.15, 0.2) is 5.13 Å². The van der Waals surface area contributed by atoms with Crippen molar-refractivity contribution in [2.45, 2.75) is 25.3 Å². The summed E-state index contributed by atoms with van der Waals surface area (Å²) in [6.07, 6.45) is 1.70. The number of hydrogen-bond acceptors (Lipinski definition) is 6. The van der Waals surface area contributed by atoms with Crippen molar-refractivity contribution in [3.63, 3.8) is 0 Å². The number of thiazole rings is 1. The van der Waals surface area contributed by atoms with Crippen LogP contribution in [0.25, 0.3) is 0 Å². The molecule has 11 heteroatoms. The van der Waals surface area contributed by atoms with Crippen molar-refractivity contribution in [1.29, 1.82) is 0 Å². The fraction of sp³-hybridized carbons (Fsp3) is 0.538. The number of rotatable bonds is 4. The molecule has 0 amide bonds. The fourth-order valence-corrected chi connectivity index (χ4v) is 5.31. The summed E-state index contributed by atoms with van der Waals surface area (Å²) in [5.74, 6) is 0. The van der Waals surface area contributed by atoms with E-state index < -0.39 is 16.6 Å².